The fraction of sp³-hybridized carbons (Fsp3) is 0.111. The number of Topliss-reactive ketones (excluding diaryl/α,β-unsaturated/α-hetero) is 1. The summed E-state index contributed by atoms with van der Waals surface area (Å²) >= 11 is 4.09. The molecule has 13 heavy (non-hydrogen) atoms. The zero-order valence-electron chi connectivity index (χ0n) is 6.86. The maximum Gasteiger partial charge on any atom is 0.225 e. The summed E-state index contributed by atoms with van der Waals surface area (Å²) in [5.41, 5.74) is 5.33. The van der Waals surface area contributed by atoms with Gasteiger partial charge in [-0.3, -0.25) is 9.59 Å². The number of rotatable bonds is 3. The molecular formula is C9H9NO2S. The quantitative estimate of drug-likeness (QED) is 0.430. The molecule has 0 spiro atoms. The average Bonchev–Trinajstić information content (AvgIpc) is 2.03. The lowest BCUT2D eigenvalue weighted by atomic mass is 10.1. The number of carbonyl (C=O) groups excluding carboxylic acids is 2. The third kappa shape index (κ3) is 2.59. The van der Waals surface area contributed by atoms with Crippen molar-refractivity contribution in [3.63, 3.8) is 0 Å². The average molecular weight is 195 g/mol. The van der Waals surface area contributed by atoms with Crippen LogP contribution in [-0.4, -0.2) is 11.7 Å². The maximum absolute atomic E-state index is 11.3. The molecule has 0 saturated carbocycles. The van der Waals surface area contributed by atoms with Crippen LogP contribution in [0.3, 0.4) is 0 Å². The van der Waals surface area contributed by atoms with E-state index in [2.05, 4.69) is 12.6 Å². The molecule has 0 atom stereocenters. The standard InChI is InChI=1S/C9H9NO2S/c10-9(12)5-7(11)6-3-1-2-4-8(6)13/h1-4,13H,5H2,(H2,10,12). The van der Waals surface area contributed by atoms with Crippen molar-refractivity contribution >= 4 is 24.3 Å². The Balaban J connectivity index is 2.89. The lowest BCUT2D eigenvalue weighted by Gasteiger charge is -2.00. The van der Waals surface area contributed by atoms with Gasteiger partial charge in [0.1, 0.15) is 0 Å². The van der Waals surface area contributed by atoms with Crippen LogP contribution in [0.2, 0.25) is 0 Å². The van der Waals surface area contributed by atoms with Gasteiger partial charge in [-0.1, -0.05) is 18.2 Å². The monoisotopic (exact) mass is 195 g/mol. The van der Waals surface area contributed by atoms with Crippen molar-refractivity contribution in [3.8, 4) is 0 Å². The SMILES string of the molecule is NC(=O)CC(=O)c1ccccc1S. The van der Waals surface area contributed by atoms with E-state index in [1.807, 2.05) is 0 Å². The van der Waals surface area contributed by atoms with E-state index in [4.69, 9.17) is 5.73 Å². The Bertz CT molecular complexity index is 349. The van der Waals surface area contributed by atoms with Gasteiger partial charge in [-0.25, -0.2) is 0 Å². The molecule has 1 rings (SSSR count). The van der Waals surface area contributed by atoms with E-state index in [0.29, 0.717) is 10.5 Å². The van der Waals surface area contributed by atoms with Gasteiger partial charge in [0.05, 0.1) is 6.42 Å². The summed E-state index contributed by atoms with van der Waals surface area (Å²) in [5, 5.41) is 0. The number of ketones is 1. The summed E-state index contributed by atoms with van der Waals surface area (Å²) in [6, 6.07) is 6.79. The van der Waals surface area contributed by atoms with E-state index in [9.17, 15) is 9.59 Å². The molecule has 0 bridgehead atoms. The van der Waals surface area contributed by atoms with E-state index in [-0.39, 0.29) is 12.2 Å². The van der Waals surface area contributed by atoms with Gasteiger partial charge in [-0.15, -0.1) is 12.6 Å². The maximum atomic E-state index is 11.3. The number of hydrogen-bond donors (Lipinski definition) is 2. The normalized spacial score (nSPS) is 9.62. The minimum atomic E-state index is -0.624. The molecule has 0 aromatic heterocycles. The van der Waals surface area contributed by atoms with Gasteiger partial charge in [-0.2, -0.15) is 0 Å². The van der Waals surface area contributed by atoms with Crippen LogP contribution >= 0.6 is 12.6 Å². The molecule has 0 aliphatic carbocycles. The molecule has 3 nitrogen and oxygen atoms in total. The largest absolute Gasteiger partial charge is 0.369 e. The summed E-state index contributed by atoms with van der Waals surface area (Å²) in [7, 11) is 0. The molecule has 0 unspecified atom stereocenters. The van der Waals surface area contributed by atoms with E-state index < -0.39 is 5.91 Å². The van der Waals surface area contributed by atoms with Gasteiger partial charge in [0, 0.05) is 10.5 Å². The summed E-state index contributed by atoms with van der Waals surface area (Å²) < 4.78 is 0. The predicted molar refractivity (Wildman–Crippen MR) is 51.8 cm³/mol. The summed E-state index contributed by atoms with van der Waals surface area (Å²) in [6.45, 7) is 0. The van der Waals surface area contributed by atoms with Gasteiger partial charge in [0.15, 0.2) is 5.78 Å². The number of carbonyl (C=O) groups is 2. The fourth-order valence-electron chi connectivity index (χ4n) is 0.963. The third-order valence-electron chi connectivity index (χ3n) is 1.54. The van der Waals surface area contributed by atoms with Crippen molar-refractivity contribution in [2.24, 2.45) is 5.73 Å². The van der Waals surface area contributed by atoms with Crippen LogP contribution in [0.25, 0.3) is 0 Å². The van der Waals surface area contributed by atoms with Crippen LogP contribution in [0.1, 0.15) is 16.8 Å². The Hall–Kier alpha value is -1.29. The summed E-state index contributed by atoms with van der Waals surface area (Å²) in [6.07, 6.45) is -0.266. The first kappa shape index (κ1) is 9.80. The van der Waals surface area contributed by atoms with Crippen LogP contribution in [0.4, 0.5) is 0 Å². The predicted octanol–water partition coefficient (Wildman–Crippen LogP) is 1.03. The molecule has 0 heterocycles. The lowest BCUT2D eigenvalue weighted by Crippen LogP contribution is -2.16. The van der Waals surface area contributed by atoms with E-state index in [1.54, 1.807) is 24.3 Å². The first-order valence-corrected chi connectivity index (χ1v) is 4.15. The van der Waals surface area contributed by atoms with Crippen LogP contribution in [0.15, 0.2) is 29.2 Å². The molecule has 0 radical (unpaired) electrons. The Morgan fingerprint density at radius 2 is 1.92 bits per heavy atom. The van der Waals surface area contributed by atoms with E-state index >= 15 is 0 Å². The van der Waals surface area contributed by atoms with Crippen molar-refractivity contribution in [1.29, 1.82) is 0 Å². The molecule has 1 amide bonds. The van der Waals surface area contributed by atoms with Crippen LogP contribution < -0.4 is 5.73 Å². The third-order valence-corrected chi connectivity index (χ3v) is 1.93. The van der Waals surface area contributed by atoms with Crippen molar-refractivity contribution in [1.82, 2.24) is 0 Å². The van der Waals surface area contributed by atoms with E-state index in [0.717, 1.165) is 0 Å². The fourth-order valence-corrected chi connectivity index (χ4v) is 1.25. The first-order chi connectivity index (χ1) is 6.11. The molecule has 1 aromatic carbocycles. The number of amides is 1. The molecule has 0 aliphatic heterocycles. The van der Waals surface area contributed by atoms with Crippen LogP contribution in [0.5, 0.6) is 0 Å². The number of nitrogens with two attached hydrogens (primary N) is 1. The lowest BCUT2D eigenvalue weighted by molar-refractivity contribution is -0.117. The second-order valence-corrected chi connectivity index (χ2v) is 3.07. The Kier molecular flexibility index (Phi) is 3.08. The van der Waals surface area contributed by atoms with Crippen molar-refractivity contribution in [3.05, 3.63) is 29.8 Å². The highest BCUT2D eigenvalue weighted by atomic mass is 32.1. The van der Waals surface area contributed by atoms with Crippen molar-refractivity contribution < 1.29 is 9.59 Å². The highest BCUT2D eigenvalue weighted by Crippen LogP contribution is 2.14. The Morgan fingerprint density at radius 1 is 1.31 bits per heavy atom. The van der Waals surface area contributed by atoms with Gasteiger partial charge in [-0.05, 0) is 6.07 Å². The minimum Gasteiger partial charge on any atom is -0.369 e. The second kappa shape index (κ2) is 4.09. The number of hydrogen-bond acceptors (Lipinski definition) is 3. The van der Waals surface area contributed by atoms with Gasteiger partial charge < -0.3 is 5.73 Å². The van der Waals surface area contributed by atoms with Crippen molar-refractivity contribution in [2.75, 3.05) is 0 Å². The van der Waals surface area contributed by atoms with Gasteiger partial charge >= 0.3 is 0 Å². The van der Waals surface area contributed by atoms with Crippen LogP contribution in [-0.2, 0) is 4.79 Å². The molecule has 4 heteroatoms. The van der Waals surface area contributed by atoms with Crippen molar-refractivity contribution in [2.45, 2.75) is 11.3 Å². The highest BCUT2D eigenvalue weighted by molar-refractivity contribution is 7.80. The molecule has 0 fully saturated rings. The highest BCUT2D eigenvalue weighted by Gasteiger charge is 2.10. The molecule has 68 valence electrons. The smallest absolute Gasteiger partial charge is 0.225 e. The molecule has 0 aliphatic rings. The number of benzene rings is 1. The Labute approximate surface area is 81.3 Å². The zero-order valence-corrected chi connectivity index (χ0v) is 7.75. The Morgan fingerprint density at radius 3 is 2.46 bits per heavy atom. The topological polar surface area (TPSA) is 60.2 Å². The van der Waals surface area contributed by atoms with Gasteiger partial charge in [0.25, 0.3) is 0 Å². The van der Waals surface area contributed by atoms with E-state index in [1.165, 1.54) is 0 Å². The minimum absolute atomic E-state index is 0.266. The molecule has 1 aromatic rings. The molecule has 2 N–H and O–H groups in total. The first-order valence-electron chi connectivity index (χ1n) is 3.70. The molecular weight excluding hydrogens is 186 g/mol. The second-order valence-electron chi connectivity index (χ2n) is 2.58. The van der Waals surface area contributed by atoms with Crippen LogP contribution in [0, 0.1) is 0 Å². The van der Waals surface area contributed by atoms with Gasteiger partial charge in [0.2, 0.25) is 5.91 Å². The molecule has 0 saturated heterocycles. The summed E-state index contributed by atoms with van der Waals surface area (Å²) in [4.78, 5) is 22.4. The number of thiol groups is 1. The zero-order chi connectivity index (χ0) is 9.84. The number of primary amides is 1. The summed E-state index contributed by atoms with van der Waals surface area (Å²) in [5.74, 6) is -0.917.